The largest absolute Gasteiger partial charge is 0.310 e. The molecular weight excluding hydrogens is 281 g/mol. The fourth-order valence-corrected chi connectivity index (χ4v) is 2.25. The van der Waals surface area contributed by atoms with Gasteiger partial charge in [0, 0.05) is 16.1 Å². The van der Waals surface area contributed by atoms with Gasteiger partial charge in [-0.2, -0.15) is 0 Å². The highest BCUT2D eigenvalue weighted by Gasteiger charge is 2.17. The van der Waals surface area contributed by atoms with Gasteiger partial charge < -0.3 is 5.32 Å². The molecule has 1 aromatic carbocycles. The average Bonchev–Trinajstić information content (AvgIpc) is 2.28. The topological polar surface area (TPSA) is 12.0 Å². The monoisotopic (exact) mass is 301 g/mol. The van der Waals surface area contributed by atoms with Crippen LogP contribution in [0, 0.1) is 11.7 Å². The number of nitrogens with one attached hydrogen (secondary N) is 1. The van der Waals surface area contributed by atoms with Gasteiger partial charge in [0.2, 0.25) is 0 Å². The van der Waals surface area contributed by atoms with Gasteiger partial charge in [0.05, 0.1) is 0 Å². The normalized spacial score (nSPS) is 14.6. The summed E-state index contributed by atoms with van der Waals surface area (Å²) in [6, 6.07) is 5.42. The van der Waals surface area contributed by atoms with Gasteiger partial charge in [0.1, 0.15) is 5.82 Å². The van der Waals surface area contributed by atoms with E-state index >= 15 is 0 Å². The maximum atomic E-state index is 13.9. The molecular formula is C14H21BrFN. The first-order chi connectivity index (χ1) is 8.08. The van der Waals surface area contributed by atoms with Gasteiger partial charge in [-0.15, -0.1) is 0 Å². The summed E-state index contributed by atoms with van der Waals surface area (Å²) in [6.07, 6.45) is 2.10. The molecule has 0 bridgehead atoms. The summed E-state index contributed by atoms with van der Waals surface area (Å²) >= 11 is 3.29. The number of benzene rings is 1. The Bertz CT molecular complexity index is 354. The molecule has 0 aliphatic heterocycles. The van der Waals surface area contributed by atoms with Gasteiger partial charge in [0.15, 0.2) is 0 Å². The molecule has 0 fully saturated rings. The van der Waals surface area contributed by atoms with Crippen LogP contribution in [0.2, 0.25) is 0 Å². The lowest BCUT2D eigenvalue weighted by Crippen LogP contribution is -2.23. The van der Waals surface area contributed by atoms with Gasteiger partial charge in [-0.3, -0.25) is 0 Å². The molecule has 0 saturated carbocycles. The maximum Gasteiger partial charge on any atom is 0.129 e. The summed E-state index contributed by atoms with van der Waals surface area (Å²) in [7, 11) is 0. The molecule has 0 heterocycles. The van der Waals surface area contributed by atoms with E-state index in [1.54, 1.807) is 0 Å². The van der Waals surface area contributed by atoms with Crippen LogP contribution in [0.15, 0.2) is 22.7 Å². The first-order valence-corrected chi connectivity index (χ1v) is 7.06. The molecule has 0 aliphatic carbocycles. The molecule has 1 N–H and O–H groups in total. The van der Waals surface area contributed by atoms with E-state index in [9.17, 15) is 4.39 Å². The van der Waals surface area contributed by atoms with Gasteiger partial charge in [-0.25, -0.2) is 4.39 Å². The van der Waals surface area contributed by atoms with Crippen molar-refractivity contribution >= 4 is 15.9 Å². The Labute approximate surface area is 112 Å². The third kappa shape index (κ3) is 4.40. The Kier molecular flexibility index (Phi) is 6.14. The lowest BCUT2D eigenvalue weighted by molar-refractivity contribution is 0.397. The zero-order valence-corrected chi connectivity index (χ0v) is 12.3. The van der Waals surface area contributed by atoms with E-state index in [-0.39, 0.29) is 11.9 Å². The molecule has 17 heavy (non-hydrogen) atoms. The van der Waals surface area contributed by atoms with Gasteiger partial charge in [-0.1, -0.05) is 49.2 Å². The minimum absolute atomic E-state index is 0.114. The van der Waals surface area contributed by atoms with Crippen LogP contribution >= 0.6 is 15.9 Å². The number of rotatable bonds is 6. The van der Waals surface area contributed by atoms with Crippen molar-refractivity contribution in [2.75, 3.05) is 6.54 Å². The predicted octanol–water partition coefficient (Wildman–Crippen LogP) is 4.68. The Morgan fingerprint density at radius 2 is 2.06 bits per heavy atom. The summed E-state index contributed by atoms with van der Waals surface area (Å²) in [5.74, 6) is 0.468. The van der Waals surface area contributed by atoms with Crippen LogP contribution in [0.3, 0.4) is 0 Å². The minimum atomic E-state index is -0.131. The van der Waals surface area contributed by atoms with Gasteiger partial charge >= 0.3 is 0 Å². The van der Waals surface area contributed by atoms with E-state index < -0.39 is 0 Å². The Morgan fingerprint density at radius 1 is 1.35 bits per heavy atom. The highest BCUT2D eigenvalue weighted by atomic mass is 79.9. The number of hydrogen-bond donors (Lipinski definition) is 1. The highest BCUT2D eigenvalue weighted by molar-refractivity contribution is 9.10. The van der Waals surface area contributed by atoms with Gasteiger partial charge in [0.25, 0.3) is 0 Å². The fraction of sp³-hybridized carbons (Fsp3) is 0.571. The molecule has 0 radical (unpaired) electrons. The number of hydrogen-bond acceptors (Lipinski definition) is 1. The first kappa shape index (κ1) is 14.7. The molecule has 1 aromatic rings. The molecule has 1 nitrogen and oxygen atoms in total. The maximum absolute atomic E-state index is 13.9. The second-order valence-electron chi connectivity index (χ2n) is 4.53. The van der Waals surface area contributed by atoms with Crippen LogP contribution in [0.25, 0.3) is 0 Å². The van der Waals surface area contributed by atoms with Crippen molar-refractivity contribution in [3.05, 3.63) is 34.1 Å². The zero-order chi connectivity index (χ0) is 12.8. The molecule has 0 aromatic heterocycles. The predicted molar refractivity (Wildman–Crippen MR) is 74.6 cm³/mol. The van der Waals surface area contributed by atoms with Crippen molar-refractivity contribution in [3.63, 3.8) is 0 Å². The van der Waals surface area contributed by atoms with Crippen molar-refractivity contribution in [2.24, 2.45) is 5.92 Å². The molecule has 2 atom stereocenters. The zero-order valence-electron chi connectivity index (χ0n) is 10.8. The molecule has 96 valence electrons. The third-order valence-electron chi connectivity index (χ3n) is 3.12. The first-order valence-electron chi connectivity index (χ1n) is 6.26. The third-order valence-corrected chi connectivity index (χ3v) is 3.62. The lowest BCUT2D eigenvalue weighted by atomic mass is 9.94. The standard InChI is InChI=1S/C14H21BrFN/c1-4-10(3)8-14(17-5-2)12-7-6-11(15)9-13(12)16/h6-7,9-10,14,17H,4-5,8H2,1-3H3. The van der Waals surface area contributed by atoms with Crippen molar-refractivity contribution in [3.8, 4) is 0 Å². The van der Waals surface area contributed by atoms with E-state index in [1.807, 2.05) is 12.1 Å². The molecule has 2 unspecified atom stereocenters. The smallest absolute Gasteiger partial charge is 0.129 e. The summed E-state index contributed by atoms with van der Waals surface area (Å²) < 4.78 is 14.7. The lowest BCUT2D eigenvalue weighted by Gasteiger charge is -2.22. The SMILES string of the molecule is CCNC(CC(C)CC)c1ccc(Br)cc1F. The van der Waals surface area contributed by atoms with E-state index in [0.29, 0.717) is 5.92 Å². The molecule has 1 rings (SSSR count). The average molecular weight is 302 g/mol. The summed E-state index contributed by atoms with van der Waals surface area (Å²) in [5.41, 5.74) is 0.773. The van der Waals surface area contributed by atoms with Crippen molar-refractivity contribution < 1.29 is 4.39 Å². The summed E-state index contributed by atoms with van der Waals surface area (Å²) in [5, 5.41) is 3.37. The quantitative estimate of drug-likeness (QED) is 0.805. The molecule has 0 aliphatic rings. The molecule has 3 heteroatoms. The van der Waals surface area contributed by atoms with E-state index in [2.05, 4.69) is 42.0 Å². The summed E-state index contributed by atoms with van der Waals surface area (Å²) in [4.78, 5) is 0. The van der Waals surface area contributed by atoms with E-state index in [4.69, 9.17) is 0 Å². The van der Waals surface area contributed by atoms with Crippen LogP contribution in [-0.2, 0) is 0 Å². The Balaban J connectivity index is 2.88. The second-order valence-corrected chi connectivity index (χ2v) is 5.44. The van der Waals surface area contributed by atoms with Gasteiger partial charge in [-0.05, 0) is 31.0 Å². The van der Waals surface area contributed by atoms with Crippen LogP contribution < -0.4 is 5.32 Å². The molecule has 0 saturated heterocycles. The minimum Gasteiger partial charge on any atom is -0.310 e. The molecule has 0 amide bonds. The van der Waals surface area contributed by atoms with E-state index in [0.717, 1.165) is 29.4 Å². The Morgan fingerprint density at radius 3 is 2.59 bits per heavy atom. The van der Waals surface area contributed by atoms with Crippen molar-refractivity contribution in [2.45, 2.75) is 39.7 Å². The Hall–Kier alpha value is -0.410. The van der Waals surface area contributed by atoms with Crippen molar-refractivity contribution in [1.29, 1.82) is 0 Å². The van der Waals surface area contributed by atoms with Crippen LogP contribution in [0.1, 0.15) is 45.2 Å². The van der Waals surface area contributed by atoms with Crippen LogP contribution in [0.4, 0.5) is 4.39 Å². The number of halogens is 2. The van der Waals surface area contributed by atoms with Crippen LogP contribution in [-0.4, -0.2) is 6.54 Å². The second kappa shape index (κ2) is 7.12. The fourth-order valence-electron chi connectivity index (χ4n) is 1.92. The molecule has 0 spiro atoms. The van der Waals surface area contributed by atoms with Crippen LogP contribution in [0.5, 0.6) is 0 Å². The van der Waals surface area contributed by atoms with Crippen molar-refractivity contribution in [1.82, 2.24) is 5.32 Å². The highest BCUT2D eigenvalue weighted by Crippen LogP contribution is 2.26. The van der Waals surface area contributed by atoms with E-state index in [1.165, 1.54) is 6.07 Å². The summed E-state index contributed by atoms with van der Waals surface area (Å²) in [6.45, 7) is 7.30.